The molecule has 5 nitrogen and oxygen atoms in total. The third-order valence-corrected chi connectivity index (χ3v) is 5.46. The Morgan fingerprint density at radius 1 is 1.23 bits per heavy atom. The topological polar surface area (TPSA) is 75.4 Å². The second kappa shape index (κ2) is 8.00. The smallest absolute Gasteiger partial charge is 0.365 e. The molecule has 0 aliphatic heterocycles. The Bertz CT molecular complexity index is 802. The first kappa shape index (κ1) is 20.1. The van der Waals surface area contributed by atoms with Crippen molar-refractivity contribution in [2.75, 3.05) is 19.4 Å². The molecule has 2 aromatic rings. The quantitative estimate of drug-likeness (QED) is 0.733. The third kappa shape index (κ3) is 4.92. The Labute approximate surface area is 156 Å². The van der Waals surface area contributed by atoms with Crippen molar-refractivity contribution in [3.63, 3.8) is 0 Å². The highest BCUT2D eigenvalue weighted by Crippen LogP contribution is 2.37. The molecule has 3 amide bonds. The van der Waals surface area contributed by atoms with Gasteiger partial charge in [-0.3, -0.25) is 10.1 Å². The summed E-state index contributed by atoms with van der Waals surface area (Å²) in [5.41, 5.74) is 5.56. The zero-order valence-electron chi connectivity index (χ0n) is 13.9. The Balaban J connectivity index is 2.13. The molecule has 0 bridgehead atoms. The van der Waals surface area contributed by atoms with Gasteiger partial charge in [-0.25, -0.2) is 4.79 Å². The van der Waals surface area contributed by atoms with Gasteiger partial charge in [-0.1, -0.05) is 12.1 Å². The Hall–Kier alpha value is -2.20. The van der Waals surface area contributed by atoms with E-state index in [0.717, 1.165) is 23.5 Å². The van der Waals surface area contributed by atoms with Crippen LogP contribution >= 0.6 is 23.1 Å². The molecule has 0 atom stereocenters. The fourth-order valence-electron chi connectivity index (χ4n) is 1.93. The molecule has 140 valence electrons. The van der Waals surface area contributed by atoms with E-state index in [1.54, 1.807) is 19.5 Å². The van der Waals surface area contributed by atoms with E-state index >= 15 is 0 Å². The van der Waals surface area contributed by atoms with Crippen LogP contribution in [0.5, 0.6) is 0 Å². The van der Waals surface area contributed by atoms with Crippen molar-refractivity contribution < 1.29 is 22.8 Å². The number of anilines is 1. The van der Waals surface area contributed by atoms with Crippen molar-refractivity contribution in [1.29, 1.82) is 0 Å². The second-order valence-corrected chi connectivity index (χ2v) is 7.37. The summed E-state index contributed by atoms with van der Waals surface area (Å²) in [6, 6.07) is 4.41. The molecule has 0 saturated carbocycles. The van der Waals surface area contributed by atoms with E-state index in [4.69, 9.17) is 5.73 Å². The average molecular weight is 403 g/mol. The van der Waals surface area contributed by atoms with Crippen molar-refractivity contribution in [3.05, 3.63) is 46.3 Å². The van der Waals surface area contributed by atoms with E-state index in [1.807, 2.05) is 0 Å². The van der Waals surface area contributed by atoms with Crippen molar-refractivity contribution in [2.24, 2.45) is 5.73 Å². The number of nitrogens with two attached hydrogens (primary N) is 1. The van der Waals surface area contributed by atoms with Gasteiger partial charge in [-0.15, -0.1) is 23.1 Å². The number of carbonyl (C=O) groups is 2. The number of benzene rings is 1. The number of carbonyl (C=O) groups excluding carboxylic acids is 2. The summed E-state index contributed by atoms with van der Waals surface area (Å²) >= 11 is 2.42. The number of primary amides is 1. The molecule has 0 fully saturated rings. The fraction of sp³-hybridized carbons (Fsp3) is 0.250. The van der Waals surface area contributed by atoms with Crippen LogP contribution in [0.2, 0.25) is 0 Å². The van der Waals surface area contributed by atoms with E-state index in [2.05, 4.69) is 5.32 Å². The SMILES string of the molecule is CN(C)C(=O)Nc1scc(SCc2ccc(C(F)(F)F)cc2)c1C(N)=O. The molecule has 1 heterocycles. The van der Waals surface area contributed by atoms with Gasteiger partial charge in [0.15, 0.2) is 0 Å². The molecule has 0 radical (unpaired) electrons. The molecule has 0 aliphatic rings. The number of hydrogen-bond acceptors (Lipinski definition) is 4. The highest BCUT2D eigenvalue weighted by molar-refractivity contribution is 7.98. The first-order valence-electron chi connectivity index (χ1n) is 7.28. The molecule has 0 saturated heterocycles. The number of nitrogens with one attached hydrogen (secondary N) is 1. The zero-order valence-corrected chi connectivity index (χ0v) is 15.5. The second-order valence-electron chi connectivity index (χ2n) is 5.48. The van der Waals surface area contributed by atoms with Gasteiger partial charge in [-0.2, -0.15) is 13.2 Å². The van der Waals surface area contributed by atoms with Gasteiger partial charge in [0, 0.05) is 30.1 Å². The van der Waals surface area contributed by atoms with Crippen molar-refractivity contribution in [1.82, 2.24) is 4.90 Å². The summed E-state index contributed by atoms with van der Waals surface area (Å²) < 4.78 is 37.7. The van der Waals surface area contributed by atoms with Crippen molar-refractivity contribution >= 4 is 40.0 Å². The monoisotopic (exact) mass is 403 g/mol. The third-order valence-electron chi connectivity index (χ3n) is 3.31. The lowest BCUT2D eigenvalue weighted by molar-refractivity contribution is -0.137. The van der Waals surface area contributed by atoms with Crippen LogP contribution in [-0.4, -0.2) is 30.9 Å². The lowest BCUT2D eigenvalue weighted by atomic mass is 10.1. The normalized spacial score (nSPS) is 11.3. The minimum absolute atomic E-state index is 0.196. The van der Waals surface area contributed by atoms with Gasteiger partial charge in [-0.05, 0) is 17.7 Å². The van der Waals surface area contributed by atoms with Gasteiger partial charge in [0.25, 0.3) is 5.91 Å². The summed E-state index contributed by atoms with van der Waals surface area (Å²) in [4.78, 5) is 25.4. The van der Waals surface area contributed by atoms with E-state index in [1.165, 1.54) is 28.8 Å². The molecular formula is C16H16F3N3O2S2. The van der Waals surface area contributed by atoms with Crippen LogP contribution in [0.1, 0.15) is 21.5 Å². The fourth-order valence-corrected chi connectivity index (χ4v) is 4.09. The maximum absolute atomic E-state index is 12.6. The minimum Gasteiger partial charge on any atom is -0.365 e. The minimum atomic E-state index is -4.38. The van der Waals surface area contributed by atoms with Crippen LogP contribution in [0.15, 0.2) is 34.5 Å². The molecule has 3 N–H and O–H groups in total. The summed E-state index contributed by atoms with van der Waals surface area (Å²) in [5, 5.41) is 4.62. The maximum atomic E-state index is 12.6. The van der Waals surface area contributed by atoms with Gasteiger partial charge < -0.3 is 10.6 Å². The molecule has 10 heteroatoms. The Morgan fingerprint density at radius 3 is 2.35 bits per heavy atom. The number of alkyl halides is 3. The van der Waals surface area contributed by atoms with Crippen LogP contribution in [0.3, 0.4) is 0 Å². The van der Waals surface area contributed by atoms with Crippen LogP contribution in [-0.2, 0) is 11.9 Å². The van der Waals surface area contributed by atoms with Gasteiger partial charge in [0.05, 0.1) is 11.1 Å². The number of urea groups is 1. The number of amides is 3. The number of nitrogens with zero attached hydrogens (tertiary/aromatic N) is 1. The molecule has 2 rings (SSSR count). The largest absolute Gasteiger partial charge is 0.416 e. The van der Waals surface area contributed by atoms with Crippen LogP contribution in [0.4, 0.5) is 23.0 Å². The highest BCUT2D eigenvalue weighted by atomic mass is 32.2. The van der Waals surface area contributed by atoms with Gasteiger partial charge >= 0.3 is 12.2 Å². The summed E-state index contributed by atoms with van der Waals surface area (Å²) in [6.45, 7) is 0. The summed E-state index contributed by atoms with van der Waals surface area (Å²) in [6.07, 6.45) is -4.38. The molecule has 0 unspecified atom stereocenters. The van der Waals surface area contributed by atoms with Gasteiger partial charge in [0.2, 0.25) is 0 Å². The van der Waals surface area contributed by atoms with E-state index in [0.29, 0.717) is 21.2 Å². The molecular weight excluding hydrogens is 387 g/mol. The number of thioether (sulfide) groups is 1. The van der Waals surface area contributed by atoms with E-state index < -0.39 is 23.7 Å². The lowest BCUT2D eigenvalue weighted by Crippen LogP contribution is -2.28. The Morgan fingerprint density at radius 2 is 1.85 bits per heavy atom. The van der Waals surface area contributed by atoms with Crippen LogP contribution in [0.25, 0.3) is 0 Å². The first-order chi connectivity index (χ1) is 12.1. The first-order valence-corrected chi connectivity index (χ1v) is 9.14. The highest BCUT2D eigenvalue weighted by Gasteiger charge is 2.30. The molecule has 1 aromatic carbocycles. The predicted octanol–water partition coefficient (Wildman–Crippen LogP) is 4.25. The number of thiophene rings is 1. The van der Waals surface area contributed by atoms with Crippen LogP contribution < -0.4 is 11.1 Å². The number of hydrogen-bond donors (Lipinski definition) is 2. The van der Waals surface area contributed by atoms with Crippen molar-refractivity contribution in [3.8, 4) is 0 Å². The molecule has 0 spiro atoms. The molecule has 1 aromatic heterocycles. The zero-order chi connectivity index (χ0) is 19.5. The number of rotatable bonds is 5. The van der Waals surface area contributed by atoms with Crippen molar-refractivity contribution in [2.45, 2.75) is 16.8 Å². The van der Waals surface area contributed by atoms with Gasteiger partial charge in [0.1, 0.15) is 5.00 Å². The number of halogens is 3. The average Bonchev–Trinajstić information content (AvgIpc) is 2.95. The van der Waals surface area contributed by atoms with E-state index in [-0.39, 0.29) is 5.56 Å². The summed E-state index contributed by atoms with van der Waals surface area (Å²) in [5.74, 6) is -0.328. The standard InChI is InChI=1S/C16H16F3N3O2S2/c1-22(2)15(24)21-14-12(13(20)23)11(8-26-14)25-7-9-3-5-10(6-4-9)16(17,18)19/h3-6,8H,7H2,1-2H3,(H2,20,23)(H,21,24). The lowest BCUT2D eigenvalue weighted by Gasteiger charge is -2.12. The van der Waals surface area contributed by atoms with E-state index in [9.17, 15) is 22.8 Å². The van der Waals surface area contributed by atoms with Crippen LogP contribution in [0, 0.1) is 0 Å². The molecule has 26 heavy (non-hydrogen) atoms. The molecule has 0 aliphatic carbocycles. The predicted molar refractivity (Wildman–Crippen MR) is 96.5 cm³/mol. The summed E-state index contributed by atoms with van der Waals surface area (Å²) in [7, 11) is 3.13. The Kier molecular flexibility index (Phi) is 6.19. The maximum Gasteiger partial charge on any atom is 0.416 e.